The summed E-state index contributed by atoms with van der Waals surface area (Å²) in [5.74, 6) is -0.122. The van der Waals surface area contributed by atoms with E-state index in [9.17, 15) is 0 Å². The summed E-state index contributed by atoms with van der Waals surface area (Å²) in [4.78, 5) is 0.676. The minimum atomic E-state index is -0.122. The van der Waals surface area contributed by atoms with Gasteiger partial charge in [0.15, 0.2) is 0 Å². The van der Waals surface area contributed by atoms with E-state index < -0.39 is 0 Å². The zero-order valence-electron chi connectivity index (χ0n) is 9.90. The van der Waals surface area contributed by atoms with Gasteiger partial charge in [-0.1, -0.05) is 0 Å². The van der Waals surface area contributed by atoms with E-state index in [-0.39, 0.29) is 17.1 Å². The van der Waals surface area contributed by atoms with Crippen LogP contribution in [0.15, 0.2) is 21.6 Å². The predicted molar refractivity (Wildman–Crippen MR) is 67.4 cm³/mol. The summed E-state index contributed by atoms with van der Waals surface area (Å²) in [6.45, 7) is 0. The number of hydrogen-bond acceptors (Lipinski definition) is 5. The van der Waals surface area contributed by atoms with Gasteiger partial charge < -0.3 is 0 Å². The Kier molecular flexibility index (Phi) is 5.01. The fourth-order valence-electron chi connectivity index (χ4n) is 2.16. The normalized spacial score (nSPS) is 16.9. The Balaban J connectivity index is 3.35. The molecule has 0 bridgehead atoms. The number of nitriles is 4. The maximum Gasteiger partial charge on any atom is 0.139 e. The maximum absolute atomic E-state index is 8.94. The summed E-state index contributed by atoms with van der Waals surface area (Å²) < 4.78 is 0. The molecule has 1 aliphatic rings. The van der Waals surface area contributed by atoms with Crippen LogP contribution < -0.4 is 0 Å². The quantitative estimate of drug-likeness (QED) is 0.706. The molecule has 0 N–H and O–H groups in total. The largest absolute Gasteiger partial charge is 0.192 e. The molecule has 1 rings (SSSR count). The number of rotatable bonds is 2. The van der Waals surface area contributed by atoms with Crippen LogP contribution in [0.2, 0.25) is 0 Å². The van der Waals surface area contributed by atoms with Crippen LogP contribution in [-0.2, 0) is 0 Å². The third-order valence-corrected chi connectivity index (χ3v) is 3.84. The number of allylic oxidation sites excluding steroid dienone is 4. The topological polar surface area (TPSA) is 95.2 Å². The lowest BCUT2D eigenvalue weighted by Crippen LogP contribution is -2.03. The third-order valence-electron chi connectivity index (χ3n) is 2.91. The molecule has 0 aromatic heterocycles. The van der Waals surface area contributed by atoms with E-state index in [1.165, 1.54) is 11.8 Å². The van der Waals surface area contributed by atoms with Gasteiger partial charge in [-0.05, 0) is 31.1 Å². The molecule has 0 heterocycles. The lowest BCUT2D eigenvalue weighted by atomic mass is 9.96. The Morgan fingerprint density at radius 3 is 2.17 bits per heavy atom. The van der Waals surface area contributed by atoms with Crippen molar-refractivity contribution in [2.75, 3.05) is 6.26 Å². The van der Waals surface area contributed by atoms with E-state index in [1.54, 1.807) is 6.26 Å². The summed E-state index contributed by atoms with van der Waals surface area (Å²) in [5.41, 5.74) is 0.980. The molecule has 0 spiro atoms. The molecule has 88 valence electrons. The van der Waals surface area contributed by atoms with Gasteiger partial charge in [-0.25, -0.2) is 0 Å². The first-order chi connectivity index (χ1) is 8.73. The van der Waals surface area contributed by atoms with Crippen LogP contribution in [0.5, 0.6) is 0 Å². The molecule has 1 aliphatic carbocycles. The Hall–Kier alpha value is -2.21. The first-order valence-corrected chi connectivity index (χ1v) is 6.57. The van der Waals surface area contributed by atoms with Crippen LogP contribution >= 0.6 is 11.8 Å². The highest BCUT2D eigenvalue weighted by Crippen LogP contribution is 2.42. The molecule has 0 unspecified atom stereocenters. The maximum atomic E-state index is 8.94. The first-order valence-electron chi connectivity index (χ1n) is 5.35. The minimum absolute atomic E-state index is 0.0853. The van der Waals surface area contributed by atoms with Crippen molar-refractivity contribution in [3.8, 4) is 24.3 Å². The fourth-order valence-corrected chi connectivity index (χ4v) is 3.00. The average molecular weight is 254 g/mol. The van der Waals surface area contributed by atoms with Gasteiger partial charge in [0, 0.05) is 10.8 Å². The summed E-state index contributed by atoms with van der Waals surface area (Å²) in [5, 5.41) is 35.7. The van der Waals surface area contributed by atoms with Crippen LogP contribution in [0.25, 0.3) is 0 Å². The highest BCUT2D eigenvalue weighted by Gasteiger charge is 2.29. The number of thioether (sulfide) groups is 1. The molecule has 1 saturated carbocycles. The van der Waals surface area contributed by atoms with Crippen molar-refractivity contribution < 1.29 is 0 Å². The molecule has 0 radical (unpaired) electrons. The van der Waals surface area contributed by atoms with E-state index in [4.69, 9.17) is 21.0 Å². The zero-order chi connectivity index (χ0) is 13.5. The van der Waals surface area contributed by atoms with Crippen molar-refractivity contribution in [3.63, 3.8) is 0 Å². The van der Waals surface area contributed by atoms with Crippen LogP contribution in [0, 0.1) is 51.2 Å². The molecule has 4 nitrogen and oxygen atoms in total. The van der Waals surface area contributed by atoms with Crippen molar-refractivity contribution in [2.24, 2.45) is 5.92 Å². The second kappa shape index (κ2) is 6.51. The van der Waals surface area contributed by atoms with Gasteiger partial charge in [0.25, 0.3) is 0 Å². The van der Waals surface area contributed by atoms with E-state index in [2.05, 4.69) is 0 Å². The summed E-state index contributed by atoms with van der Waals surface area (Å²) in [7, 11) is 0. The van der Waals surface area contributed by atoms with Gasteiger partial charge in [-0.2, -0.15) is 21.0 Å². The van der Waals surface area contributed by atoms with Crippen LogP contribution in [0.1, 0.15) is 19.3 Å². The monoisotopic (exact) mass is 254 g/mol. The lowest BCUT2D eigenvalue weighted by molar-refractivity contribution is 0.752. The van der Waals surface area contributed by atoms with Crippen LogP contribution in [0.4, 0.5) is 0 Å². The standard InChI is InChI=1S/C13H10N4S/c1-18-13(10(7-16)8-17)12-4-2-3-11(12)9(5-14)6-15/h12H,2-4H2,1H3/t12-/m1/s1. The highest BCUT2D eigenvalue weighted by molar-refractivity contribution is 8.02. The highest BCUT2D eigenvalue weighted by atomic mass is 32.2. The zero-order valence-corrected chi connectivity index (χ0v) is 10.7. The van der Waals surface area contributed by atoms with Gasteiger partial charge in [-0.3, -0.25) is 0 Å². The number of nitrogens with zero attached hydrogens (tertiary/aromatic N) is 4. The Morgan fingerprint density at radius 1 is 1.11 bits per heavy atom. The second-order valence-electron chi connectivity index (χ2n) is 3.74. The van der Waals surface area contributed by atoms with Crippen molar-refractivity contribution in [1.82, 2.24) is 0 Å². The van der Waals surface area contributed by atoms with Gasteiger partial charge in [-0.15, -0.1) is 11.8 Å². The Bertz CT molecular complexity index is 540. The van der Waals surface area contributed by atoms with Crippen molar-refractivity contribution in [3.05, 3.63) is 21.6 Å². The van der Waals surface area contributed by atoms with E-state index in [0.717, 1.165) is 18.4 Å². The summed E-state index contributed by atoms with van der Waals surface area (Å²) in [6, 6.07) is 7.57. The Labute approximate surface area is 110 Å². The molecule has 1 fully saturated rings. The second-order valence-corrected chi connectivity index (χ2v) is 4.58. The van der Waals surface area contributed by atoms with Crippen LogP contribution in [-0.4, -0.2) is 6.26 Å². The van der Waals surface area contributed by atoms with Gasteiger partial charge in [0.05, 0.1) is 0 Å². The number of hydrogen-bond donors (Lipinski definition) is 0. The fraction of sp³-hybridized carbons (Fsp3) is 0.385. The molecule has 0 aromatic rings. The van der Waals surface area contributed by atoms with Gasteiger partial charge in [0.1, 0.15) is 35.4 Å². The van der Waals surface area contributed by atoms with Crippen molar-refractivity contribution in [1.29, 1.82) is 21.0 Å². The summed E-state index contributed by atoms with van der Waals surface area (Å²) in [6.07, 6.45) is 4.15. The van der Waals surface area contributed by atoms with Crippen molar-refractivity contribution >= 4 is 11.8 Å². The predicted octanol–water partition coefficient (Wildman–Crippen LogP) is 2.79. The molecule has 0 aliphatic heterocycles. The molecular weight excluding hydrogens is 244 g/mol. The minimum Gasteiger partial charge on any atom is -0.192 e. The molecule has 5 heteroatoms. The first kappa shape index (κ1) is 13.9. The van der Waals surface area contributed by atoms with Crippen LogP contribution in [0.3, 0.4) is 0 Å². The molecular formula is C13H10N4S. The molecule has 0 aromatic carbocycles. The van der Waals surface area contributed by atoms with Gasteiger partial charge in [0.2, 0.25) is 0 Å². The Morgan fingerprint density at radius 2 is 1.72 bits per heavy atom. The lowest BCUT2D eigenvalue weighted by Gasteiger charge is -2.14. The molecule has 0 amide bonds. The van der Waals surface area contributed by atoms with E-state index in [0.29, 0.717) is 11.3 Å². The van der Waals surface area contributed by atoms with Gasteiger partial charge >= 0.3 is 0 Å². The molecule has 18 heavy (non-hydrogen) atoms. The van der Waals surface area contributed by atoms with Crippen molar-refractivity contribution in [2.45, 2.75) is 19.3 Å². The summed E-state index contributed by atoms with van der Waals surface area (Å²) >= 11 is 1.35. The SMILES string of the molecule is CSC(=C(C#N)C#N)[C@@H]1CCCC1=C(C#N)C#N. The molecule has 0 saturated heterocycles. The average Bonchev–Trinajstić information content (AvgIpc) is 2.86. The smallest absolute Gasteiger partial charge is 0.139 e. The third kappa shape index (κ3) is 2.54. The van der Waals surface area contributed by atoms with E-state index >= 15 is 0 Å². The molecule has 1 atom stereocenters. The van der Waals surface area contributed by atoms with E-state index in [1.807, 2.05) is 24.3 Å².